The molecule has 5 nitrogen and oxygen atoms in total. The largest absolute Gasteiger partial charge is 0.396 e. The Hall–Kier alpha value is -1.98. The van der Waals surface area contributed by atoms with Gasteiger partial charge in [0.05, 0.1) is 11.7 Å². The summed E-state index contributed by atoms with van der Waals surface area (Å²) in [6.45, 7) is 6.52. The standard InChI is InChI=1S/C15H22FN5/c1-10(2)5-4-6-11(3)21-15(18-19-20-21)12-7-8-13(16)14(17)9-12/h7-11H,4-6,17H2,1-3H3. The van der Waals surface area contributed by atoms with Gasteiger partial charge in [-0.3, -0.25) is 0 Å². The van der Waals surface area contributed by atoms with Crippen LogP contribution in [-0.4, -0.2) is 20.2 Å². The zero-order chi connectivity index (χ0) is 15.4. The topological polar surface area (TPSA) is 69.6 Å². The molecule has 2 aromatic rings. The first-order valence-corrected chi connectivity index (χ1v) is 7.32. The molecule has 2 N–H and O–H groups in total. The van der Waals surface area contributed by atoms with E-state index in [1.54, 1.807) is 16.8 Å². The average Bonchev–Trinajstić information content (AvgIpc) is 2.90. The van der Waals surface area contributed by atoms with Gasteiger partial charge in [0.2, 0.25) is 0 Å². The van der Waals surface area contributed by atoms with E-state index in [0.717, 1.165) is 18.4 Å². The van der Waals surface area contributed by atoms with E-state index in [9.17, 15) is 4.39 Å². The minimum absolute atomic E-state index is 0.106. The molecule has 0 saturated heterocycles. The Balaban J connectivity index is 2.15. The second-order valence-electron chi connectivity index (χ2n) is 5.86. The molecule has 1 aromatic heterocycles. The van der Waals surface area contributed by atoms with Crippen molar-refractivity contribution in [1.82, 2.24) is 20.2 Å². The molecule has 2 rings (SSSR count). The van der Waals surface area contributed by atoms with Crippen molar-refractivity contribution in [1.29, 1.82) is 0 Å². The SMILES string of the molecule is CC(C)CCCC(C)n1nnnc1-c1ccc(F)c(N)c1. The summed E-state index contributed by atoms with van der Waals surface area (Å²) in [5.74, 6) is 0.893. The number of hydrogen-bond acceptors (Lipinski definition) is 4. The summed E-state index contributed by atoms with van der Waals surface area (Å²) in [6.07, 6.45) is 3.32. The molecule has 1 atom stereocenters. The third kappa shape index (κ3) is 3.77. The number of nitrogens with two attached hydrogens (primary N) is 1. The molecule has 21 heavy (non-hydrogen) atoms. The zero-order valence-corrected chi connectivity index (χ0v) is 12.8. The van der Waals surface area contributed by atoms with Gasteiger partial charge in [-0.25, -0.2) is 9.07 Å². The maximum absolute atomic E-state index is 13.3. The monoisotopic (exact) mass is 291 g/mol. The summed E-state index contributed by atoms with van der Waals surface area (Å²) in [5.41, 5.74) is 6.45. The molecular weight excluding hydrogens is 269 g/mol. The maximum Gasteiger partial charge on any atom is 0.182 e. The third-order valence-electron chi connectivity index (χ3n) is 3.57. The second-order valence-corrected chi connectivity index (χ2v) is 5.86. The highest BCUT2D eigenvalue weighted by Gasteiger charge is 2.15. The summed E-state index contributed by atoms with van der Waals surface area (Å²) in [4.78, 5) is 0. The van der Waals surface area contributed by atoms with Crippen molar-refractivity contribution in [3.63, 3.8) is 0 Å². The van der Waals surface area contributed by atoms with Crippen molar-refractivity contribution in [2.75, 3.05) is 5.73 Å². The lowest BCUT2D eigenvalue weighted by Crippen LogP contribution is -2.09. The molecule has 0 aliphatic carbocycles. The summed E-state index contributed by atoms with van der Waals surface area (Å²) < 4.78 is 15.0. The lowest BCUT2D eigenvalue weighted by atomic mass is 10.0. The van der Waals surface area contributed by atoms with E-state index in [4.69, 9.17) is 5.73 Å². The predicted octanol–water partition coefficient (Wildman–Crippen LogP) is 3.45. The number of rotatable bonds is 6. The first-order valence-electron chi connectivity index (χ1n) is 7.32. The van der Waals surface area contributed by atoms with Crippen LogP contribution in [0.5, 0.6) is 0 Å². The number of benzene rings is 1. The lowest BCUT2D eigenvalue weighted by Gasteiger charge is -2.14. The van der Waals surface area contributed by atoms with Crippen molar-refractivity contribution < 1.29 is 4.39 Å². The van der Waals surface area contributed by atoms with Gasteiger partial charge in [-0.2, -0.15) is 0 Å². The molecule has 0 spiro atoms. The smallest absolute Gasteiger partial charge is 0.182 e. The number of tetrazole rings is 1. The minimum atomic E-state index is -0.428. The number of halogens is 1. The fourth-order valence-electron chi connectivity index (χ4n) is 2.31. The van der Waals surface area contributed by atoms with E-state index >= 15 is 0 Å². The molecule has 0 bridgehead atoms. The van der Waals surface area contributed by atoms with Crippen LogP contribution in [-0.2, 0) is 0 Å². The van der Waals surface area contributed by atoms with E-state index in [1.807, 2.05) is 0 Å². The van der Waals surface area contributed by atoms with Gasteiger partial charge in [0.1, 0.15) is 5.82 Å². The Bertz CT molecular complexity index is 593. The molecule has 1 heterocycles. The molecule has 0 saturated carbocycles. The van der Waals surface area contributed by atoms with Gasteiger partial charge in [-0.05, 0) is 47.9 Å². The molecule has 0 amide bonds. The van der Waals surface area contributed by atoms with Crippen molar-refractivity contribution in [3.8, 4) is 11.4 Å². The number of aromatic nitrogens is 4. The highest BCUT2D eigenvalue weighted by atomic mass is 19.1. The number of anilines is 1. The summed E-state index contributed by atoms with van der Waals surface area (Å²) in [7, 11) is 0. The van der Waals surface area contributed by atoms with Crippen molar-refractivity contribution in [2.24, 2.45) is 5.92 Å². The quantitative estimate of drug-likeness (QED) is 0.828. The van der Waals surface area contributed by atoms with Crippen LogP contribution in [0.25, 0.3) is 11.4 Å². The summed E-state index contributed by atoms with van der Waals surface area (Å²) in [5, 5.41) is 11.9. The van der Waals surface area contributed by atoms with Gasteiger partial charge in [-0.15, -0.1) is 5.10 Å². The lowest BCUT2D eigenvalue weighted by molar-refractivity contribution is 0.414. The minimum Gasteiger partial charge on any atom is -0.396 e. The number of hydrogen-bond donors (Lipinski definition) is 1. The van der Waals surface area contributed by atoms with Crippen molar-refractivity contribution >= 4 is 5.69 Å². The first-order chi connectivity index (χ1) is 9.99. The summed E-state index contributed by atoms with van der Waals surface area (Å²) in [6, 6.07) is 4.75. The fourth-order valence-corrected chi connectivity index (χ4v) is 2.31. The van der Waals surface area contributed by atoms with Crippen LogP contribution < -0.4 is 5.73 Å². The van der Waals surface area contributed by atoms with Gasteiger partial charge in [0, 0.05) is 5.56 Å². The third-order valence-corrected chi connectivity index (χ3v) is 3.57. The van der Waals surface area contributed by atoms with Gasteiger partial charge in [0.25, 0.3) is 0 Å². The Kier molecular flexibility index (Phi) is 4.88. The maximum atomic E-state index is 13.3. The van der Waals surface area contributed by atoms with Crippen LogP contribution >= 0.6 is 0 Å². The van der Waals surface area contributed by atoms with E-state index in [-0.39, 0.29) is 11.7 Å². The molecule has 0 fully saturated rings. The van der Waals surface area contributed by atoms with Gasteiger partial charge in [0.15, 0.2) is 5.82 Å². The molecule has 0 aliphatic rings. The van der Waals surface area contributed by atoms with E-state index in [1.165, 1.54) is 12.5 Å². The Morgan fingerprint density at radius 1 is 1.24 bits per heavy atom. The molecular formula is C15H22FN5. The molecule has 6 heteroatoms. The van der Waals surface area contributed by atoms with E-state index in [0.29, 0.717) is 11.7 Å². The van der Waals surface area contributed by atoms with Crippen LogP contribution in [0.1, 0.15) is 46.1 Å². The van der Waals surface area contributed by atoms with Crippen molar-refractivity contribution in [2.45, 2.75) is 46.1 Å². The van der Waals surface area contributed by atoms with Crippen LogP contribution in [0.2, 0.25) is 0 Å². The van der Waals surface area contributed by atoms with E-state index in [2.05, 4.69) is 36.3 Å². The van der Waals surface area contributed by atoms with Gasteiger partial charge < -0.3 is 5.73 Å². The molecule has 0 radical (unpaired) electrons. The molecule has 114 valence electrons. The van der Waals surface area contributed by atoms with Crippen LogP contribution in [0.3, 0.4) is 0 Å². The molecule has 0 aliphatic heterocycles. The van der Waals surface area contributed by atoms with Gasteiger partial charge in [-0.1, -0.05) is 26.7 Å². The second kappa shape index (κ2) is 6.65. The molecule has 1 unspecified atom stereocenters. The predicted molar refractivity (Wildman–Crippen MR) is 81.0 cm³/mol. The number of nitrogen functional groups attached to an aromatic ring is 1. The highest BCUT2D eigenvalue weighted by Crippen LogP contribution is 2.25. The Morgan fingerprint density at radius 3 is 2.67 bits per heavy atom. The highest BCUT2D eigenvalue weighted by molar-refractivity contribution is 5.61. The van der Waals surface area contributed by atoms with Crippen molar-refractivity contribution in [3.05, 3.63) is 24.0 Å². The van der Waals surface area contributed by atoms with Crippen LogP contribution in [0.15, 0.2) is 18.2 Å². The van der Waals surface area contributed by atoms with Gasteiger partial charge >= 0.3 is 0 Å². The average molecular weight is 291 g/mol. The molecule has 1 aromatic carbocycles. The van der Waals surface area contributed by atoms with Crippen LogP contribution in [0.4, 0.5) is 10.1 Å². The Morgan fingerprint density at radius 2 is 2.00 bits per heavy atom. The Labute approximate surface area is 124 Å². The fraction of sp³-hybridized carbons (Fsp3) is 0.533. The first kappa shape index (κ1) is 15.4. The van der Waals surface area contributed by atoms with Crippen LogP contribution in [0, 0.1) is 11.7 Å². The number of nitrogens with zero attached hydrogens (tertiary/aromatic N) is 4. The normalized spacial score (nSPS) is 12.8. The zero-order valence-electron chi connectivity index (χ0n) is 12.8. The van der Waals surface area contributed by atoms with E-state index < -0.39 is 5.82 Å². The summed E-state index contributed by atoms with van der Waals surface area (Å²) >= 11 is 0.